The molecule has 0 radical (unpaired) electrons. The van der Waals surface area contributed by atoms with E-state index in [2.05, 4.69) is 51.4 Å². The van der Waals surface area contributed by atoms with Crippen LogP contribution in [0.2, 0.25) is 0 Å². The molecule has 0 spiro atoms. The van der Waals surface area contributed by atoms with Crippen LogP contribution in [-0.2, 0) is 18.4 Å². The molecule has 1 unspecified atom stereocenters. The molecule has 3 aromatic rings. The van der Waals surface area contributed by atoms with Crippen molar-refractivity contribution in [3.05, 3.63) is 53.9 Å². The molecule has 29 heavy (non-hydrogen) atoms. The molecule has 1 fully saturated rings. The van der Waals surface area contributed by atoms with Gasteiger partial charge in [-0.05, 0) is 44.4 Å². The monoisotopic (exact) mass is 409 g/mol. The Kier molecular flexibility index (Phi) is 5.76. The van der Waals surface area contributed by atoms with Crippen LogP contribution in [0.1, 0.15) is 37.1 Å². The Morgan fingerprint density at radius 1 is 1.21 bits per heavy atom. The number of carbonyl (C=O) groups excluding carboxylic acids is 1. The van der Waals surface area contributed by atoms with Gasteiger partial charge >= 0.3 is 0 Å². The van der Waals surface area contributed by atoms with Crippen LogP contribution in [0.25, 0.3) is 11.4 Å². The molecule has 1 aromatic carbocycles. The summed E-state index contributed by atoms with van der Waals surface area (Å²) < 4.78 is 4.21. The molecule has 0 bridgehead atoms. The van der Waals surface area contributed by atoms with Crippen LogP contribution in [0.3, 0.4) is 0 Å². The number of amides is 1. The second-order valence-electron chi connectivity index (χ2n) is 7.44. The number of hydrogen-bond donors (Lipinski definition) is 0. The Morgan fingerprint density at radius 2 is 2.03 bits per heavy atom. The number of hydrogen-bond acceptors (Lipinski definition) is 4. The SMILES string of the molecule is CCn1c(SCC(=O)N2CCCC2c2cccn2C)nnc1-c1ccccc1C. The molecule has 1 saturated heterocycles. The second kappa shape index (κ2) is 8.45. The largest absolute Gasteiger partial charge is 0.353 e. The van der Waals surface area contributed by atoms with Crippen molar-refractivity contribution >= 4 is 17.7 Å². The third-order valence-electron chi connectivity index (χ3n) is 5.64. The summed E-state index contributed by atoms with van der Waals surface area (Å²) in [6, 6.07) is 12.5. The average Bonchev–Trinajstić information content (AvgIpc) is 3.45. The molecule has 152 valence electrons. The van der Waals surface area contributed by atoms with Gasteiger partial charge in [0.15, 0.2) is 11.0 Å². The highest BCUT2D eigenvalue weighted by Gasteiger charge is 2.31. The molecule has 0 aliphatic carbocycles. The summed E-state index contributed by atoms with van der Waals surface area (Å²) in [5.41, 5.74) is 3.47. The van der Waals surface area contributed by atoms with Crippen molar-refractivity contribution < 1.29 is 4.79 Å². The van der Waals surface area contributed by atoms with Gasteiger partial charge in [-0.1, -0.05) is 36.0 Å². The van der Waals surface area contributed by atoms with Crippen molar-refractivity contribution in [1.82, 2.24) is 24.2 Å². The van der Waals surface area contributed by atoms with Crippen LogP contribution in [0.5, 0.6) is 0 Å². The molecule has 3 heterocycles. The van der Waals surface area contributed by atoms with Gasteiger partial charge in [0.2, 0.25) is 5.91 Å². The minimum absolute atomic E-state index is 0.168. The van der Waals surface area contributed by atoms with Gasteiger partial charge in [-0.25, -0.2) is 0 Å². The first-order valence-corrected chi connectivity index (χ1v) is 11.1. The van der Waals surface area contributed by atoms with Crippen LogP contribution >= 0.6 is 11.8 Å². The topological polar surface area (TPSA) is 56.0 Å². The summed E-state index contributed by atoms with van der Waals surface area (Å²) >= 11 is 1.48. The first kappa shape index (κ1) is 19.8. The van der Waals surface area contributed by atoms with Crippen molar-refractivity contribution in [1.29, 1.82) is 0 Å². The van der Waals surface area contributed by atoms with E-state index in [0.29, 0.717) is 5.75 Å². The molecule has 7 heteroatoms. The van der Waals surface area contributed by atoms with E-state index >= 15 is 0 Å². The molecule has 2 aromatic heterocycles. The van der Waals surface area contributed by atoms with Crippen LogP contribution in [0, 0.1) is 6.92 Å². The van der Waals surface area contributed by atoms with Gasteiger partial charge in [0.05, 0.1) is 11.8 Å². The van der Waals surface area contributed by atoms with Gasteiger partial charge in [0, 0.05) is 37.6 Å². The van der Waals surface area contributed by atoms with E-state index in [0.717, 1.165) is 42.5 Å². The van der Waals surface area contributed by atoms with E-state index in [9.17, 15) is 4.79 Å². The van der Waals surface area contributed by atoms with Crippen molar-refractivity contribution in [3.63, 3.8) is 0 Å². The van der Waals surface area contributed by atoms with Crippen molar-refractivity contribution in [3.8, 4) is 11.4 Å². The Balaban J connectivity index is 1.49. The minimum Gasteiger partial charge on any atom is -0.353 e. The maximum absolute atomic E-state index is 13.0. The predicted molar refractivity (Wildman–Crippen MR) is 116 cm³/mol. The predicted octanol–water partition coefficient (Wildman–Crippen LogP) is 4.07. The quantitative estimate of drug-likeness (QED) is 0.576. The highest BCUT2D eigenvalue weighted by molar-refractivity contribution is 7.99. The van der Waals surface area contributed by atoms with Crippen molar-refractivity contribution in [2.24, 2.45) is 7.05 Å². The van der Waals surface area contributed by atoms with Gasteiger partial charge < -0.3 is 14.0 Å². The minimum atomic E-state index is 0.168. The van der Waals surface area contributed by atoms with Crippen LogP contribution < -0.4 is 0 Å². The maximum Gasteiger partial charge on any atom is 0.233 e. The zero-order valence-corrected chi connectivity index (χ0v) is 18.0. The van der Waals surface area contributed by atoms with E-state index in [1.54, 1.807) is 0 Å². The molecular weight excluding hydrogens is 382 g/mol. The van der Waals surface area contributed by atoms with Gasteiger partial charge in [0.25, 0.3) is 0 Å². The van der Waals surface area contributed by atoms with Gasteiger partial charge in [-0.2, -0.15) is 0 Å². The highest BCUT2D eigenvalue weighted by atomic mass is 32.2. The summed E-state index contributed by atoms with van der Waals surface area (Å²) in [5.74, 6) is 1.41. The average molecular weight is 410 g/mol. The Morgan fingerprint density at radius 3 is 2.76 bits per heavy atom. The number of aromatic nitrogens is 4. The fourth-order valence-corrected chi connectivity index (χ4v) is 4.99. The number of nitrogens with zero attached hydrogens (tertiary/aromatic N) is 5. The summed E-state index contributed by atoms with van der Waals surface area (Å²) in [6.45, 7) is 5.76. The van der Waals surface area contributed by atoms with Crippen molar-refractivity contribution in [2.75, 3.05) is 12.3 Å². The fourth-order valence-electron chi connectivity index (χ4n) is 4.11. The number of rotatable bonds is 6. The second-order valence-corrected chi connectivity index (χ2v) is 8.39. The van der Waals surface area contributed by atoms with Crippen LogP contribution in [0.15, 0.2) is 47.8 Å². The Hall–Kier alpha value is -2.54. The molecule has 1 aliphatic rings. The summed E-state index contributed by atoms with van der Waals surface area (Å²) in [7, 11) is 2.04. The molecule has 0 saturated carbocycles. The molecule has 0 N–H and O–H groups in total. The zero-order valence-electron chi connectivity index (χ0n) is 17.2. The van der Waals surface area contributed by atoms with E-state index in [-0.39, 0.29) is 11.9 Å². The Bertz CT molecular complexity index is 1010. The third kappa shape index (κ3) is 3.83. The maximum atomic E-state index is 13.0. The lowest BCUT2D eigenvalue weighted by Crippen LogP contribution is -2.32. The lowest BCUT2D eigenvalue weighted by Gasteiger charge is -2.25. The standard InChI is InChI=1S/C22H27N5OS/c1-4-26-21(17-10-6-5-9-16(17)2)23-24-22(26)29-15-20(28)27-14-8-12-19(27)18-11-7-13-25(18)3/h5-7,9-11,13,19H,4,8,12,14-15H2,1-3H3. The van der Waals surface area contributed by atoms with E-state index < -0.39 is 0 Å². The first-order chi connectivity index (χ1) is 14.1. The van der Waals surface area contributed by atoms with Crippen molar-refractivity contribution in [2.45, 2.75) is 44.4 Å². The Labute approximate surface area is 175 Å². The number of aryl methyl sites for hydroxylation is 2. The molecule has 1 amide bonds. The number of likely N-dealkylation sites (tertiary alicyclic amines) is 1. The normalized spacial score (nSPS) is 16.5. The lowest BCUT2D eigenvalue weighted by molar-refractivity contribution is -0.129. The van der Waals surface area contributed by atoms with E-state index in [1.807, 2.05) is 36.3 Å². The molecular formula is C22H27N5OS. The smallest absolute Gasteiger partial charge is 0.233 e. The highest BCUT2D eigenvalue weighted by Crippen LogP contribution is 2.33. The molecule has 4 rings (SSSR count). The van der Waals surface area contributed by atoms with E-state index in [4.69, 9.17) is 0 Å². The number of carbonyl (C=O) groups is 1. The van der Waals surface area contributed by atoms with E-state index in [1.165, 1.54) is 23.0 Å². The summed E-state index contributed by atoms with van der Waals surface area (Å²) in [5, 5.41) is 9.61. The molecule has 6 nitrogen and oxygen atoms in total. The fraction of sp³-hybridized carbons (Fsp3) is 0.409. The molecule has 1 atom stereocenters. The first-order valence-electron chi connectivity index (χ1n) is 10.1. The van der Waals surface area contributed by atoms with Crippen LogP contribution in [0.4, 0.5) is 0 Å². The van der Waals surface area contributed by atoms with Crippen LogP contribution in [-0.4, -0.2) is 42.4 Å². The number of benzene rings is 1. The summed E-state index contributed by atoms with van der Waals surface area (Å²) in [4.78, 5) is 15.0. The summed E-state index contributed by atoms with van der Waals surface area (Å²) in [6.07, 6.45) is 4.12. The zero-order chi connectivity index (χ0) is 20.4. The number of thioether (sulfide) groups is 1. The third-order valence-corrected chi connectivity index (χ3v) is 6.59. The van der Waals surface area contributed by atoms with Gasteiger partial charge in [0.1, 0.15) is 0 Å². The lowest BCUT2D eigenvalue weighted by atomic mass is 10.1. The van der Waals surface area contributed by atoms with Gasteiger partial charge in [-0.3, -0.25) is 4.79 Å². The molecule has 1 aliphatic heterocycles. The van der Waals surface area contributed by atoms with Gasteiger partial charge in [-0.15, -0.1) is 10.2 Å².